The lowest BCUT2D eigenvalue weighted by Crippen LogP contribution is -2.51. The molecule has 0 heterocycles. The highest BCUT2D eigenvalue weighted by atomic mass is 16.2. The van der Waals surface area contributed by atoms with Gasteiger partial charge in [0, 0.05) is 0 Å². The third-order valence-electron chi connectivity index (χ3n) is 1.83. The van der Waals surface area contributed by atoms with E-state index in [-0.39, 0.29) is 0 Å². The molecule has 0 aliphatic heterocycles. The Labute approximate surface area is 72.5 Å². The molecule has 0 aromatic carbocycles. The standard InChI is InChI=1S/C8H16N2O2/c1-5(9)6(11)7(12)8(2,3)10-4/h5,10H,9H2,1-4H3/t5-/m1/s1. The highest BCUT2D eigenvalue weighted by Crippen LogP contribution is 2.04. The fraction of sp³-hybridized carbons (Fsp3) is 0.750. The number of ketones is 2. The summed E-state index contributed by atoms with van der Waals surface area (Å²) in [4.78, 5) is 22.5. The Hall–Kier alpha value is -0.740. The van der Waals surface area contributed by atoms with Crippen molar-refractivity contribution in [1.29, 1.82) is 0 Å². The molecule has 0 radical (unpaired) electrons. The summed E-state index contributed by atoms with van der Waals surface area (Å²) < 4.78 is 0. The fourth-order valence-electron chi connectivity index (χ4n) is 0.628. The van der Waals surface area contributed by atoms with Crippen molar-refractivity contribution in [3.63, 3.8) is 0 Å². The maximum absolute atomic E-state index is 11.3. The summed E-state index contributed by atoms with van der Waals surface area (Å²) in [6.07, 6.45) is 0. The van der Waals surface area contributed by atoms with Crippen LogP contribution in [-0.2, 0) is 9.59 Å². The van der Waals surface area contributed by atoms with E-state index in [1.165, 1.54) is 6.92 Å². The van der Waals surface area contributed by atoms with Crippen molar-refractivity contribution in [1.82, 2.24) is 5.32 Å². The van der Waals surface area contributed by atoms with Crippen molar-refractivity contribution in [2.24, 2.45) is 5.73 Å². The average molecular weight is 172 g/mol. The van der Waals surface area contributed by atoms with Gasteiger partial charge in [-0.1, -0.05) is 0 Å². The van der Waals surface area contributed by atoms with Gasteiger partial charge in [-0.15, -0.1) is 0 Å². The lowest BCUT2D eigenvalue weighted by Gasteiger charge is -2.21. The van der Waals surface area contributed by atoms with Gasteiger partial charge in [0.1, 0.15) is 0 Å². The number of nitrogens with two attached hydrogens (primary N) is 1. The minimum Gasteiger partial charge on any atom is -0.321 e. The molecule has 0 spiro atoms. The number of nitrogens with one attached hydrogen (secondary N) is 1. The normalized spacial score (nSPS) is 14.1. The van der Waals surface area contributed by atoms with Gasteiger partial charge >= 0.3 is 0 Å². The highest BCUT2D eigenvalue weighted by Gasteiger charge is 2.32. The third-order valence-corrected chi connectivity index (χ3v) is 1.83. The first-order valence-electron chi connectivity index (χ1n) is 3.86. The predicted octanol–water partition coefficient (Wildman–Crippen LogP) is -0.530. The molecule has 0 aliphatic carbocycles. The Morgan fingerprint density at radius 2 is 1.83 bits per heavy atom. The van der Waals surface area contributed by atoms with Gasteiger partial charge in [-0.2, -0.15) is 0 Å². The number of carbonyl (C=O) groups excluding carboxylic acids is 2. The van der Waals surface area contributed by atoms with Gasteiger partial charge in [-0.05, 0) is 27.8 Å². The molecule has 0 aliphatic rings. The van der Waals surface area contributed by atoms with Crippen LogP contribution in [0.15, 0.2) is 0 Å². The molecular formula is C8H16N2O2. The van der Waals surface area contributed by atoms with Gasteiger partial charge in [0.2, 0.25) is 11.6 Å². The molecule has 0 fully saturated rings. The molecule has 1 atom stereocenters. The van der Waals surface area contributed by atoms with E-state index in [0.29, 0.717) is 0 Å². The Kier molecular flexibility index (Phi) is 3.55. The second-order valence-electron chi connectivity index (χ2n) is 3.36. The van der Waals surface area contributed by atoms with Gasteiger partial charge < -0.3 is 11.1 Å². The molecule has 0 unspecified atom stereocenters. The molecule has 0 aromatic rings. The second kappa shape index (κ2) is 3.78. The predicted molar refractivity (Wildman–Crippen MR) is 46.8 cm³/mol. The fourth-order valence-corrected chi connectivity index (χ4v) is 0.628. The lowest BCUT2D eigenvalue weighted by atomic mass is 9.94. The number of carbonyl (C=O) groups is 2. The van der Waals surface area contributed by atoms with Crippen LogP contribution < -0.4 is 11.1 Å². The van der Waals surface area contributed by atoms with E-state index in [9.17, 15) is 9.59 Å². The molecule has 0 amide bonds. The van der Waals surface area contributed by atoms with Crippen LogP contribution in [0.25, 0.3) is 0 Å². The maximum atomic E-state index is 11.3. The average Bonchev–Trinajstić information content (AvgIpc) is 2.01. The van der Waals surface area contributed by atoms with Gasteiger partial charge in [0.15, 0.2) is 0 Å². The minimum atomic E-state index is -0.815. The number of rotatable bonds is 4. The minimum absolute atomic E-state index is 0.472. The number of hydrogen-bond acceptors (Lipinski definition) is 4. The Morgan fingerprint density at radius 3 is 2.08 bits per heavy atom. The number of Topliss-reactive ketones (excluding diaryl/α,β-unsaturated/α-hetero) is 2. The first kappa shape index (κ1) is 11.3. The Morgan fingerprint density at radius 1 is 1.42 bits per heavy atom. The summed E-state index contributed by atoms with van der Waals surface area (Å²) in [6, 6.07) is -0.717. The molecule has 0 aromatic heterocycles. The van der Waals surface area contributed by atoms with Crippen LogP contribution >= 0.6 is 0 Å². The molecule has 70 valence electrons. The van der Waals surface area contributed by atoms with E-state index in [0.717, 1.165) is 0 Å². The molecule has 0 rings (SSSR count). The molecule has 3 N–H and O–H groups in total. The van der Waals surface area contributed by atoms with Crippen molar-refractivity contribution in [2.45, 2.75) is 32.4 Å². The molecule has 4 heteroatoms. The van der Waals surface area contributed by atoms with Crippen molar-refractivity contribution < 1.29 is 9.59 Å². The zero-order valence-electron chi connectivity index (χ0n) is 7.97. The molecule has 4 nitrogen and oxygen atoms in total. The smallest absolute Gasteiger partial charge is 0.219 e. The van der Waals surface area contributed by atoms with Crippen LogP contribution in [0.2, 0.25) is 0 Å². The first-order chi connectivity index (χ1) is 5.33. The van der Waals surface area contributed by atoms with Crippen LogP contribution in [-0.4, -0.2) is 30.2 Å². The maximum Gasteiger partial charge on any atom is 0.219 e. The summed E-state index contributed by atoms with van der Waals surface area (Å²) in [5, 5.41) is 2.75. The summed E-state index contributed by atoms with van der Waals surface area (Å²) in [6.45, 7) is 4.80. The largest absolute Gasteiger partial charge is 0.321 e. The van der Waals surface area contributed by atoms with Gasteiger partial charge in [0.05, 0.1) is 11.6 Å². The van der Waals surface area contributed by atoms with Crippen LogP contribution in [0.1, 0.15) is 20.8 Å². The number of likely N-dealkylation sites (N-methyl/N-ethyl adjacent to an activating group) is 1. The van der Waals surface area contributed by atoms with Crippen LogP contribution in [0.5, 0.6) is 0 Å². The molecule has 0 saturated heterocycles. The molecule has 12 heavy (non-hydrogen) atoms. The SMILES string of the molecule is CNC(C)(C)C(=O)C(=O)[C@@H](C)N. The van der Waals surface area contributed by atoms with Crippen molar-refractivity contribution in [2.75, 3.05) is 7.05 Å². The molecule has 0 saturated carbocycles. The monoisotopic (exact) mass is 172 g/mol. The third kappa shape index (κ3) is 2.39. The summed E-state index contributed by atoms with van der Waals surface area (Å²) in [5.41, 5.74) is 4.48. The van der Waals surface area contributed by atoms with E-state index in [4.69, 9.17) is 5.73 Å². The van der Waals surface area contributed by atoms with E-state index in [1.807, 2.05) is 0 Å². The van der Waals surface area contributed by atoms with Crippen molar-refractivity contribution in [3.05, 3.63) is 0 Å². The topological polar surface area (TPSA) is 72.2 Å². The molecular weight excluding hydrogens is 156 g/mol. The van der Waals surface area contributed by atoms with Crippen molar-refractivity contribution in [3.8, 4) is 0 Å². The van der Waals surface area contributed by atoms with E-state index >= 15 is 0 Å². The van der Waals surface area contributed by atoms with Crippen LogP contribution in [0, 0.1) is 0 Å². The summed E-state index contributed by atoms with van der Waals surface area (Å²) in [5.74, 6) is -1.01. The highest BCUT2D eigenvalue weighted by molar-refractivity contribution is 6.42. The summed E-state index contributed by atoms with van der Waals surface area (Å²) >= 11 is 0. The Bertz CT molecular complexity index is 197. The molecule has 0 bridgehead atoms. The lowest BCUT2D eigenvalue weighted by molar-refractivity contribution is -0.140. The zero-order chi connectivity index (χ0) is 9.94. The van der Waals surface area contributed by atoms with E-state index < -0.39 is 23.1 Å². The van der Waals surface area contributed by atoms with Crippen LogP contribution in [0.3, 0.4) is 0 Å². The zero-order valence-corrected chi connectivity index (χ0v) is 7.97. The van der Waals surface area contributed by atoms with E-state index in [1.54, 1.807) is 20.9 Å². The van der Waals surface area contributed by atoms with Crippen LogP contribution in [0.4, 0.5) is 0 Å². The van der Waals surface area contributed by atoms with Gasteiger partial charge in [-0.25, -0.2) is 0 Å². The van der Waals surface area contributed by atoms with Gasteiger partial charge in [0.25, 0.3) is 0 Å². The number of hydrogen-bond donors (Lipinski definition) is 2. The quantitative estimate of drug-likeness (QED) is 0.559. The first-order valence-corrected chi connectivity index (χ1v) is 3.86. The van der Waals surface area contributed by atoms with Gasteiger partial charge in [-0.3, -0.25) is 9.59 Å². The van der Waals surface area contributed by atoms with E-state index in [2.05, 4.69) is 5.32 Å². The summed E-state index contributed by atoms with van der Waals surface area (Å²) in [7, 11) is 1.63. The van der Waals surface area contributed by atoms with Crippen molar-refractivity contribution >= 4 is 11.6 Å². The second-order valence-corrected chi connectivity index (χ2v) is 3.36. The Balaban J connectivity index is 4.50.